The van der Waals surface area contributed by atoms with Gasteiger partial charge in [0.1, 0.15) is 0 Å². The molecule has 0 spiro atoms. The second kappa shape index (κ2) is 6.43. The molecule has 0 radical (unpaired) electrons. The minimum atomic E-state index is -0.0575. The number of anilines is 1. The first-order valence-corrected chi connectivity index (χ1v) is 10.2. The summed E-state index contributed by atoms with van der Waals surface area (Å²) in [5, 5.41) is 2.94. The minimum absolute atomic E-state index is 0.0139. The zero-order chi connectivity index (χ0) is 18.5. The van der Waals surface area contributed by atoms with Crippen LogP contribution in [0.3, 0.4) is 0 Å². The first kappa shape index (κ1) is 16.9. The molecule has 2 bridgehead atoms. The van der Waals surface area contributed by atoms with E-state index in [4.69, 9.17) is 0 Å². The highest BCUT2D eigenvalue weighted by atomic mass is 16.2. The van der Waals surface area contributed by atoms with Crippen molar-refractivity contribution < 1.29 is 14.4 Å². The van der Waals surface area contributed by atoms with Crippen molar-refractivity contribution in [1.82, 2.24) is 9.88 Å². The number of rotatable bonds is 3. The maximum absolute atomic E-state index is 13.0. The van der Waals surface area contributed by atoms with E-state index >= 15 is 0 Å². The van der Waals surface area contributed by atoms with Crippen molar-refractivity contribution in [1.29, 1.82) is 0 Å². The Morgan fingerprint density at radius 1 is 0.926 bits per heavy atom. The fraction of sp³-hybridized carbons (Fsp3) is 0.619. The molecule has 6 heteroatoms. The third-order valence-electron chi connectivity index (χ3n) is 7.34. The molecule has 1 aromatic heterocycles. The van der Waals surface area contributed by atoms with Gasteiger partial charge in [-0.1, -0.05) is 0 Å². The Kier molecular flexibility index (Phi) is 4.02. The molecule has 4 atom stereocenters. The minimum Gasteiger partial charge on any atom is -0.326 e. The van der Waals surface area contributed by atoms with Crippen molar-refractivity contribution in [3.8, 4) is 0 Å². The molecule has 1 aromatic rings. The van der Waals surface area contributed by atoms with E-state index in [-0.39, 0.29) is 41.5 Å². The van der Waals surface area contributed by atoms with Crippen LogP contribution in [-0.2, 0) is 14.4 Å². The summed E-state index contributed by atoms with van der Waals surface area (Å²) in [6, 6.07) is 3.54. The van der Waals surface area contributed by atoms with Crippen LogP contribution in [0.2, 0.25) is 0 Å². The number of carbonyl (C=O) groups is 3. The van der Waals surface area contributed by atoms with Gasteiger partial charge in [0.2, 0.25) is 17.7 Å². The van der Waals surface area contributed by atoms with Gasteiger partial charge in [-0.2, -0.15) is 0 Å². The molecule has 142 valence electrons. The molecule has 1 aliphatic heterocycles. The number of hydrogen-bond acceptors (Lipinski definition) is 4. The first-order chi connectivity index (χ1) is 13.1. The van der Waals surface area contributed by atoms with E-state index in [9.17, 15) is 14.4 Å². The number of imide groups is 1. The van der Waals surface area contributed by atoms with E-state index in [1.807, 2.05) is 0 Å². The van der Waals surface area contributed by atoms with Crippen LogP contribution in [0.5, 0.6) is 0 Å². The Labute approximate surface area is 158 Å². The van der Waals surface area contributed by atoms with Gasteiger partial charge >= 0.3 is 0 Å². The maximum Gasteiger partial charge on any atom is 0.233 e. The van der Waals surface area contributed by atoms with Crippen molar-refractivity contribution in [2.24, 2.45) is 29.6 Å². The van der Waals surface area contributed by atoms with Crippen LogP contribution < -0.4 is 5.32 Å². The molecule has 3 amide bonds. The van der Waals surface area contributed by atoms with Crippen molar-refractivity contribution >= 4 is 23.4 Å². The highest BCUT2D eigenvalue weighted by Gasteiger charge is 2.61. The van der Waals surface area contributed by atoms with E-state index in [1.165, 1.54) is 0 Å². The lowest BCUT2D eigenvalue weighted by molar-refractivity contribution is -0.144. The van der Waals surface area contributed by atoms with Crippen molar-refractivity contribution in [3.63, 3.8) is 0 Å². The Morgan fingerprint density at radius 3 is 2.11 bits per heavy atom. The van der Waals surface area contributed by atoms with Crippen LogP contribution in [0, 0.1) is 29.6 Å². The molecule has 4 fully saturated rings. The topological polar surface area (TPSA) is 79.4 Å². The third-order valence-corrected chi connectivity index (χ3v) is 7.34. The molecule has 5 rings (SSSR count). The Hall–Kier alpha value is -2.24. The van der Waals surface area contributed by atoms with Gasteiger partial charge in [-0.3, -0.25) is 24.3 Å². The predicted molar refractivity (Wildman–Crippen MR) is 98.3 cm³/mol. The number of aromatic nitrogens is 1. The SMILES string of the molecule is O=C1[C@@H]2[C@@H]3CC[C@@H](C3)[C@@H]2C(=O)N1[C@H]1CC[C@H](C(=O)Nc2ccncc2)CC1. The average molecular weight is 367 g/mol. The molecular weight excluding hydrogens is 342 g/mol. The number of amides is 3. The number of fused-ring (bicyclic) bond motifs is 5. The van der Waals surface area contributed by atoms with E-state index in [2.05, 4.69) is 10.3 Å². The molecule has 27 heavy (non-hydrogen) atoms. The van der Waals surface area contributed by atoms with E-state index < -0.39 is 0 Å². The molecule has 0 unspecified atom stereocenters. The molecule has 6 nitrogen and oxygen atoms in total. The highest BCUT2D eigenvalue weighted by Crippen LogP contribution is 2.56. The normalized spacial score (nSPS) is 37.6. The monoisotopic (exact) mass is 367 g/mol. The van der Waals surface area contributed by atoms with Gasteiger partial charge in [0, 0.05) is 30.0 Å². The Morgan fingerprint density at radius 2 is 1.52 bits per heavy atom. The summed E-state index contributed by atoms with van der Waals surface area (Å²) < 4.78 is 0. The van der Waals surface area contributed by atoms with E-state index in [0.29, 0.717) is 11.8 Å². The lowest BCUT2D eigenvalue weighted by atomic mass is 9.81. The Bertz CT molecular complexity index is 744. The van der Waals surface area contributed by atoms with Crippen LogP contribution in [-0.4, -0.2) is 33.6 Å². The van der Waals surface area contributed by atoms with Gasteiger partial charge in [-0.25, -0.2) is 0 Å². The number of nitrogens with one attached hydrogen (secondary N) is 1. The molecule has 1 saturated heterocycles. The lowest BCUT2D eigenvalue weighted by Crippen LogP contribution is -2.44. The summed E-state index contributed by atoms with van der Waals surface area (Å²) >= 11 is 0. The highest BCUT2D eigenvalue weighted by molar-refractivity contribution is 6.06. The average Bonchev–Trinajstić information content (AvgIpc) is 3.37. The largest absolute Gasteiger partial charge is 0.326 e. The number of likely N-dealkylation sites (tertiary alicyclic amines) is 1. The maximum atomic E-state index is 13.0. The van der Waals surface area contributed by atoms with Crippen LogP contribution in [0.15, 0.2) is 24.5 Å². The van der Waals surface area contributed by atoms with Gasteiger partial charge in [-0.15, -0.1) is 0 Å². The van der Waals surface area contributed by atoms with Gasteiger partial charge in [0.15, 0.2) is 0 Å². The first-order valence-electron chi connectivity index (χ1n) is 10.2. The summed E-state index contributed by atoms with van der Waals surface area (Å²) in [7, 11) is 0. The molecule has 3 aliphatic carbocycles. The van der Waals surface area contributed by atoms with Gasteiger partial charge in [-0.05, 0) is 68.9 Å². The number of carbonyl (C=O) groups excluding carboxylic acids is 3. The molecule has 3 saturated carbocycles. The summed E-state index contributed by atoms with van der Waals surface area (Å²) in [4.78, 5) is 44.0. The fourth-order valence-electron chi connectivity index (χ4n) is 6.07. The zero-order valence-electron chi connectivity index (χ0n) is 15.3. The van der Waals surface area contributed by atoms with Crippen LogP contribution in [0.25, 0.3) is 0 Å². The van der Waals surface area contributed by atoms with Crippen molar-refractivity contribution in [2.45, 2.75) is 51.0 Å². The van der Waals surface area contributed by atoms with Gasteiger partial charge in [0.05, 0.1) is 11.8 Å². The number of pyridine rings is 1. The second-order valence-electron chi connectivity index (χ2n) is 8.66. The quantitative estimate of drug-likeness (QED) is 0.833. The molecule has 0 aromatic carbocycles. The number of nitrogens with zero attached hydrogens (tertiary/aromatic N) is 2. The summed E-state index contributed by atoms with van der Waals surface area (Å²) in [5.41, 5.74) is 0.755. The standard InChI is InChI=1S/C21H25N3O3/c25-19(23-15-7-9-22-10-8-15)12-3-5-16(6-4-12)24-20(26)17-13-1-2-14(11-13)18(17)21(24)27/h7-10,12-14,16-18H,1-6,11H2,(H,22,23,25)/t12-,13-,14+,16-,17-,18+. The third kappa shape index (κ3) is 2.68. The smallest absolute Gasteiger partial charge is 0.233 e. The Balaban J connectivity index is 1.22. The van der Waals surface area contributed by atoms with Crippen molar-refractivity contribution in [2.75, 3.05) is 5.32 Å². The molecule has 2 heterocycles. The van der Waals surface area contributed by atoms with Crippen LogP contribution in [0.4, 0.5) is 5.69 Å². The number of hydrogen-bond donors (Lipinski definition) is 1. The second-order valence-corrected chi connectivity index (χ2v) is 8.66. The molecule has 1 N–H and O–H groups in total. The molecular formula is C21H25N3O3. The van der Waals surface area contributed by atoms with Gasteiger partial charge < -0.3 is 5.32 Å². The zero-order valence-corrected chi connectivity index (χ0v) is 15.3. The van der Waals surface area contributed by atoms with Crippen molar-refractivity contribution in [3.05, 3.63) is 24.5 Å². The molecule has 4 aliphatic rings. The van der Waals surface area contributed by atoms with Gasteiger partial charge in [0.25, 0.3) is 0 Å². The van der Waals surface area contributed by atoms with Crippen LogP contribution >= 0.6 is 0 Å². The summed E-state index contributed by atoms with van der Waals surface area (Å²) in [6.07, 6.45) is 9.52. The summed E-state index contributed by atoms with van der Waals surface area (Å²) in [6.45, 7) is 0. The van der Waals surface area contributed by atoms with E-state index in [0.717, 1.165) is 50.6 Å². The van der Waals surface area contributed by atoms with E-state index in [1.54, 1.807) is 29.4 Å². The van der Waals surface area contributed by atoms with Crippen LogP contribution in [0.1, 0.15) is 44.9 Å². The summed E-state index contributed by atoms with van der Waals surface area (Å²) in [5.74, 6) is 0.927. The predicted octanol–water partition coefficient (Wildman–Crippen LogP) is 2.61. The lowest BCUT2D eigenvalue weighted by Gasteiger charge is -2.33. The fourth-order valence-corrected chi connectivity index (χ4v) is 6.07.